The molecule has 0 aromatic carbocycles. The van der Waals surface area contributed by atoms with Gasteiger partial charge >= 0.3 is 5.97 Å². The van der Waals surface area contributed by atoms with Gasteiger partial charge in [-0.2, -0.15) is 0 Å². The summed E-state index contributed by atoms with van der Waals surface area (Å²) in [5.41, 5.74) is -0.349. The summed E-state index contributed by atoms with van der Waals surface area (Å²) < 4.78 is 25.6. The molecule has 0 bridgehead atoms. The largest absolute Gasteiger partial charge is 0.464 e. The van der Waals surface area contributed by atoms with Gasteiger partial charge in [-0.1, -0.05) is 32.1 Å². The first-order valence-electron chi connectivity index (χ1n) is 14.1. The van der Waals surface area contributed by atoms with Crippen molar-refractivity contribution in [1.29, 1.82) is 0 Å². The topological polar surface area (TPSA) is 88.1 Å². The molecule has 6 aliphatic rings. The standard InChI is InChI=1S/C30H40O7/c1-6-35-30-14-21-19(11-10-18-8-7-9-23(32)28(18,21)4)20-13-22(34-15-31)26(25(20)30)29(5,37-30)24-12-16(2)17(3)27(33)36-24/h7-8,10,15-17,19-22,24-26H,6,9,11-14H2,1-5H3/t16-,17+,19-,20-,21-,22-,24?,25+,26-,28-,29-,30+/m0/s1. The molecule has 0 radical (unpaired) electrons. The first-order valence-corrected chi connectivity index (χ1v) is 14.1. The highest BCUT2D eigenvalue weighted by Crippen LogP contribution is 2.70. The average molecular weight is 513 g/mol. The van der Waals surface area contributed by atoms with E-state index in [0.29, 0.717) is 38.8 Å². The number of rotatable bonds is 5. The van der Waals surface area contributed by atoms with Crippen molar-refractivity contribution in [2.24, 2.45) is 46.8 Å². The molecule has 4 aliphatic carbocycles. The van der Waals surface area contributed by atoms with Crippen LogP contribution in [0.4, 0.5) is 0 Å². The van der Waals surface area contributed by atoms with Gasteiger partial charge in [0.05, 0.1) is 11.3 Å². The summed E-state index contributed by atoms with van der Waals surface area (Å²) in [6.45, 7) is 11.1. The van der Waals surface area contributed by atoms with E-state index in [1.54, 1.807) is 0 Å². The van der Waals surface area contributed by atoms with Crippen LogP contribution in [0.5, 0.6) is 0 Å². The third-order valence-corrected chi connectivity index (χ3v) is 11.3. The quantitative estimate of drug-likeness (QED) is 0.399. The molecule has 7 nitrogen and oxygen atoms in total. The molecule has 0 N–H and O–H groups in total. The van der Waals surface area contributed by atoms with E-state index in [1.165, 1.54) is 0 Å². The second-order valence-electron chi connectivity index (χ2n) is 12.8. The Balaban J connectivity index is 1.46. The van der Waals surface area contributed by atoms with Crippen LogP contribution in [0.3, 0.4) is 0 Å². The molecule has 0 aromatic rings. The maximum atomic E-state index is 13.5. The highest BCUT2D eigenvalue weighted by molar-refractivity contribution is 5.91. The van der Waals surface area contributed by atoms with Gasteiger partial charge in [-0.25, -0.2) is 0 Å². The minimum Gasteiger partial charge on any atom is -0.464 e. The molecule has 12 atom stereocenters. The minimum atomic E-state index is -0.924. The monoisotopic (exact) mass is 512 g/mol. The highest BCUT2D eigenvalue weighted by atomic mass is 16.7. The number of hydrogen-bond donors (Lipinski definition) is 0. The van der Waals surface area contributed by atoms with Crippen LogP contribution in [-0.4, -0.2) is 48.4 Å². The van der Waals surface area contributed by atoms with Gasteiger partial charge < -0.3 is 18.9 Å². The van der Waals surface area contributed by atoms with E-state index in [0.717, 1.165) is 12.0 Å². The molecule has 2 aliphatic heterocycles. The molecule has 0 aromatic heterocycles. The van der Waals surface area contributed by atoms with E-state index in [-0.39, 0.29) is 59.3 Å². The van der Waals surface area contributed by atoms with Crippen LogP contribution >= 0.6 is 0 Å². The zero-order valence-electron chi connectivity index (χ0n) is 22.6. The Morgan fingerprint density at radius 3 is 2.62 bits per heavy atom. The Morgan fingerprint density at radius 1 is 1.14 bits per heavy atom. The van der Waals surface area contributed by atoms with Crippen LogP contribution in [0.1, 0.15) is 66.7 Å². The lowest BCUT2D eigenvalue weighted by atomic mass is 9.49. The smallest absolute Gasteiger partial charge is 0.309 e. The lowest BCUT2D eigenvalue weighted by Crippen LogP contribution is -2.58. The maximum absolute atomic E-state index is 13.5. The molecule has 4 fully saturated rings. The summed E-state index contributed by atoms with van der Waals surface area (Å²) in [5, 5.41) is 0. The van der Waals surface area contributed by atoms with Crippen LogP contribution in [0.15, 0.2) is 23.8 Å². The number of carbonyl (C=O) groups is 3. The SMILES string of the molecule is CCO[C@@]12C[C@H]3[C@@H](CC=C4C=CCC(=O)[C@@]43C)[C@@H]3C[C@H](OC=O)[C@@H]([C@@H]31)[C@](C)(C1C[C@H](C)[C@@H](C)C(=O)O1)O2. The predicted molar refractivity (Wildman–Crippen MR) is 134 cm³/mol. The lowest BCUT2D eigenvalue weighted by Gasteiger charge is -2.56. The molecule has 0 amide bonds. The first kappa shape index (κ1) is 25.3. The molecule has 2 saturated carbocycles. The normalized spacial score (nSPS) is 52.0. The molecular weight excluding hydrogens is 472 g/mol. The highest BCUT2D eigenvalue weighted by Gasteiger charge is 2.76. The zero-order chi connectivity index (χ0) is 26.3. The van der Waals surface area contributed by atoms with E-state index in [9.17, 15) is 14.4 Å². The van der Waals surface area contributed by atoms with Crippen LogP contribution < -0.4 is 0 Å². The Bertz CT molecular complexity index is 1060. The maximum Gasteiger partial charge on any atom is 0.309 e. The van der Waals surface area contributed by atoms with Crippen molar-refractivity contribution < 1.29 is 33.3 Å². The summed E-state index contributed by atoms with van der Waals surface area (Å²) in [5.74, 6) is -0.558. The fraction of sp³-hybridized carbons (Fsp3) is 0.767. The number of Topliss-reactive ketones (excluding diaryl/α,β-unsaturated/α-hetero) is 1. The summed E-state index contributed by atoms with van der Waals surface area (Å²) in [4.78, 5) is 38.1. The summed E-state index contributed by atoms with van der Waals surface area (Å²) in [6.07, 6.45) is 8.87. The summed E-state index contributed by atoms with van der Waals surface area (Å²) in [7, 11) is 0. The Labute approximate surface area is 219 Å². The number of allylic oxidation sites excluding steroid dienone is 4. The van der Waals surface area contributed by atoms with Gasteiger partial charge in [0.1, 0.15) is 23.6 Å². The number of ketones is 1. The first-order chi connectivity index (χ1) is 17.6. The average Bonchev–Trinajstić information content (AvgIpc) is 3.37. The van der Waals surface area contributed by atoms with Gasteiger partial charge in [0.15, 0.2) is 5.79 Å². The molecule has 202 valence electrons. The van der Waals surface area contributed by atoms with Crippen LogP contribution in [0, 0.1) is 46.8 Å². The van der Waals surface area contributed by atoms with E-state index in [2.05, 4.69) is 26.0 Å². The van der Waals surface area contributed by atoms with E-state index >= 15 is 0 Å². The van der Waals surface area contributed by atoms with E-state index in [4.69, 9.17) is 18.9 Å². The third kappa shape index (κ3) is 3.28. The fourth-order valence-electron chi connectivity index (χ4n) is 9.38. The van der Waals surface area contributed by atoms with Crippen molar-refractivity contribution in [3.63, 3.8) is 0 Å². The van der Waals surface area contributed by atoms with Crippen molar-refractivity contribution in [2.45, 2.75) is 90.3 Å². The number of carbonyl (C=O) groups excluding carboxylic acids is 3. The molecule has 1 unspecified atom stereocenters. The number of esters is 1. The molecular formula is C30H40O7. The number of hydrogen-bond acceptors (Lipinski definition) is 7. The number of cyclic esters (lactones) is 1. The molecule has 0 spiro atoms. The molecule has 37 heavy (non-hydrogen) atoms. The van der Waals surface area contributed by atoms with Gasteiger partial charge in [0.2, 0.25) is 0 Å². The van der Waals surface area contributed by atoms with Crippen LogP contribution in [0.25, 0.3) is 0 Å². The van der Waals surface area contributed by atoms with Crippen molar-refractivity contribution in [2.75, 3.05) is 6.61 Å². The van der Waals surface area contributed by atoms with Crippen molar-refractivity contribution in [1.82, 2.24) is 0 Å². The van der Waals surface area contributed by atoms with Gasteiger partial charge in [-0.3, -0.25) is 14.4 Å². The summed E-state index contributed by atoms with van der Waals surface area (Å²) >= 11 is 0. The molecule has 7 heteroatoms. The van der Waals surface area contributed by atoms with Crippen molar-refractivity contribution >= 4 is 18.2 Å². The Morgan fingerprint density at radius 2 is 1.92 bits per heavy atom. The van der Waals surface area contributed by atoms with E-state index < -0.39 is 22.9 Å². The van der Waals surface area contributed by atoms with Gasteiger partial charge in [0, 0.05) is 31.3 Å². The van der Waals surface area contributed by atoms with Gasteiger partial charge in [-0.05, 0) is 69.3 Å². The van der Waals surface area contributed by atoms with E-state index in [1.807, 2.05) is 26.8 Å². The predicted octanol–water partition coefficient (Wildman–Crippen LogP) is 4.39. The lowest BCUT2D eigenvalue weighted by molar-refractivity contribution is -0.311. The molecule has 6 rings (SSSR count). The second-order valence-corrected chi connectivity index (χ2v) is 12.8. The van der Waals surface area contributed by atoms with Crippen molar-refractivity contribution in [3.8, 4) is 0 Å². The van der Waals surface area contributed by atoms with Crippen LogP contribution in [0.2, 0.25) is 0 Å². The van der Waals surface area contributed by atoms with Gasteiger partial charge in [-0.15, -0.1) is 0 Å². The fourth-order valence-corrected chi connectivity index (χ4v) is 9.38. The zero-order valence-corrected chi connectivity index (χ0v) is 22.6. The van der Waals surface area contributed by atoms with Gasteiger partial charge in [0.25, 0.3) is 6.47 Å². The Kier molecular flexibility index (Phi) is 5.81. The molecule has 2 heterocycles. The third-order valence-electron chi connectivity index (χ3n) is 11.3. The molecule has 2 saturated heterocycles. The number of fused-ring (bicyclic) bond motifs is 4. The number of ether oxygens (including phenoxy) is 4. The summed E-state index contributed by atoms with van der Waals surface area (Å²) in [6, 6.07) is 0. The van der Waals surface area contributed by atoms with Crippen molar-refractivity contribution in [3.05, 3.63) is 23.8 Å². The second kappa shape index (κ2) is 8.51. The van der Waals surface area contributed by atoms with Crippen LogP contribution in [-0.2, 0) is 33.3 Å². The minimum absolute atomic E-state index is 0.00945. The Hall–Kier alpha value is -1.99.